The Morgan fingerprint density at radius 2 is 2.36 bits per heavy atom. The maximum Gasteiger partial charge on any atom is 0.0236 e. The summed E-state index contributed by atoms with van der Waals surface area (Å²) in [7, 11) is 0. The van der Waals surface area contributed by atoms with E-state index in [1.807, 2.05) is 0 Å². The Morgan fingerprint density at radius 1 is 1.50 bits per heavy atom. The molecule has 1 nitrogen and oxygen atoms in total. The lowest BCUT2D eigenvalue weighted by atomic mass is 10.2. The molecule has 1 aromatic rings. The van der Waals surface area contributed by atoms with E-state index in [1.165, 1.54) is 29.4 Å². The van der Waals surface area contributed by atoms with Gasteiger partial charge in [0.1, 0.15) is 0 Å². The number of likely N-dealkylation sites (tertiary alicyclic amines) is 1. The molecule has 1 heterocycles. The quantitative estimate of drug-likeness (QED) is 0.781. The zero-order valence-corrected chi connectivity index (χ0v) is 10.1. The summed E-state index contributed by atoms with van der Waals surface area (Å²) in [5.74, 6) is 0. The summed E-state index contributed by atoms with van der Waals surface area (Å²) in [6, 6.07) is 9.37. The van der Waals surface area contributed by atoms with Gasteiger partial charge in [-0.1, -0.05) is 28.1 Å². The summed E-state index contributed by atoms with van der Waals surface area (Å²) in [6.07, 6.45) is 2.71. The van der Waals surface area contributed by atoms with Gasteiger partial charge in [0, 0.05) is 17.1 Å². The molecule has 1 atom stereocenters. The van der Waals surface area contributed by atoms with Crippen LogP contribution in [0.1, 0.15) is 25.3 Å². The second kappa shape index (κ2) is 4.45. The molecule has 2 heteroatoms. The van der Waals surface area contributed by atoms with Crippen LogP contribution in [0, 0.1) is 0 Å². The van der Waals surface area contributed by atoms with Crippen molar-refractivity contribution in [2.24, 2.45) is 0 Å². The lowest BCUT2D eigenvalue weighted by Gasteiger charge is -2.20. The zero-order chi connectivity index (χ0) is 9.97. The van der Waals surface area contributed by atoms with Gasteiger partial charge in [0.25, 0.3) is 0 Å². The van der Waals surface area contributed by atoms with Crippen LogP contribution < -0.4 is 0 Å². The molecule has 0 radical (unpaired) electrons. The average molecular weight is 254 g/mol. The molecule has 1 fully saturated rings. The van der Waals surface area contributed by atoms with Crippen molar-refractivity contribution in [2.75, 3.05) is 6.54 Å². The Labute approximate surface area is 94.2 Å². The van der Waals surface area contributed by atoms with Crippen molar-refractivity contribution in [2.45, 2.75) is 32.4 Å². The van der Waals surface area contributed by atoms with E-state index in [0.717, 1.165) is 12.6 Å². The maximum absolute atomic E-state index is 3.51. The first-order chi connectivity index (χ1) is 6.75. The Hall–Kier alpha value is -0.340. The summed E-state index contributed by atoms with van der Waals surface area (Å²) in [5, 5.41) is 0. The van der Waals surface area contributed by atoms with Crippen molar-refractivity contribution >= 4 is 15.9 Å². The van der Waals surface area contributed by atoms with Crippen LogP contribution in [-0.4, -0.2) is 17.5 Å². The van der Waals surface area contributed by atoms with Crippen LogP contribution in [0.2, 0.25) is 0 Å². The highest BCUT2D eigenvalue weighted by atomic mass is 79.9. The molecule has 1 saturated heterocycles. The van der Waals surface area contributed by atoms with Crippen LogP contribution >= 0.6 is 15.9 Å². The zero-order valence-electron chi connectivity index (χ0n) is 8.54. The molecule has 76 valence electrons. The fraction of sp³-hybridized carbons (Fsp3) is 0.500. The molecule has 0 aliphatic carbocycles. The Bertz CT molecular complexity index is 311. The van der Waals surface area contributed by atoms with Gasteiger partial charge in [-0.2, -0.15) is 0 Å². The monoisotopic (exact) mass is 253 g/mol. The second-order valence-corrected chi connectivity index (χ2v) is 5.01. The fourth-order valence-corrected chi connectivity index (χ4v) is 2.54. The molecule has 2 rings (SSSR count). The third-order valence-corrected chi connectivity index (χ3v) is 3.46. The van der Waals surface area contributed by atoms with Crippen LogP contribution in [0.3, 0.4) is 0 Å². The first-order valence-corrected chi connectivity index (χ1v) is 6.03. The van der Waals surface area contributed by atoms with Crippen molar-refractivity contribution in [3.63, 3.8) is 0 Å². The Balaban J connectivity index is 2.03. The fourth-order valence-electron chi connectivity index (χ4n) is 2.10. The van der Waals surface area contributed by atoms with E-state index >= 15 is 0 Å². The van der Waals surface area contributed by atoms with Gasteiger partial charge in [-0.05, 0) is 44.0 Å². The third-order valence-electron chi connectivity index (χ3n) is 2.97. The summed E-state index contributed by atoms with van der Waals surface area (Å²) >= 11 is 3.51. The smallest absolute Gasteiger partial charge is 0.0236 e. The van der Waals surface area contributed by atoms with E-state index in [-0.39, 0.29) is 0 Å². The molecule has 1 unspecified atom stereocenters. The Kier molecular flexibility index (Phi) is 3.24. The first-order valence-electron chi connectivity index (χ1n) is 5.24. The van der Waals surface area contributed by atoms with Gasteiger partial charge in [-0.15, -0.1) is 0 Å². The standard InChI is InChI=1S/C12H16BrN/c1-10-4-3-7-14(10)9-11-5-2-6-12(13)8-11/h2,5-6,8,10H,3-4,7,9H2,1H3. The highest BCUT2D eigenvalue weighted by Gasteiger charge is 2.19. The van der Waals surface area contributed by atoms with Crippen LogP contribution in [-0.2, 0) is 6.54 Å². The number of benzene rings is 1. The summed E-state index contributed by atoms with van der Waals surface area (Å²) in [6.45, 7) is 4.68. The molecule has 0 saturated carbocycles. The molecule has 0 bridgehead atoms. The van der Waals surface area contributed by atoms with E-state index < -0.39 is 0 Å². The van der Waals surface area contributed by atoms with Crippen molar-refractivity contribution in [1.29, 1.82) is 0 Å². The van der Waals surface area contributed by atoms with E-state index in [4.69, 9.17) is 0 Å². The lowest BCUT2D eigenvalue weighted by Crippen LogP contribution is -2.26. The van der Waals surface area contributed by atoms with Gasteiger partial charge < -0.3 is 0 Å². The van der Waals surface area contributed by atoms with Gasteiger partial charge in [-0.25, -0.2) is 0 Å². The van der Waals surface area contributed by atoms with Gasteiger partial charge >= 0.3 is 0 Å². The second-order valence-electron chi connectivity index (χ2n) is 4.09. The molecule has 0 amide bonds. The summed E-state index contributed by atoms with van der Waals surface area (Å²) < 4.78 is 1.18. The molecule has 1 aliphatic rings. The maximum atomic E-state index is 3.51. The van der Waals surface area contributed by atoms with Gasteiger partial charge in [0.05, 0.1) is 0 Å². The predicted molar refractivity (Wildman–Crippen MR) is 63.2 cm³/mol. The van der Waals surface area contributed by atoms with Gasteiger partial charge in [-0.3, -0.25) is 4.90 Å². The molecular formula is C12H16BrN. The highest BCUT2D eigenvalue weighted by Crippen LogP contribution is 2.20. The van der Waals surface area contributed by atoms with Crippen LogP contribution in [0.15, 0.2) is 28.7 Å². The highest BCUT2D eigenvalue weighted by molar-refractivity contribution is 9.10. The van der Waals surface area contributed by atoms with E-state index in [0.29, 0.717) is 0 Å². The number of halogens is 1. The molecule has 14 heavy (non-hydrogen) atoms. The van der Waals surface area contributed by atoms with Gasteiger partial charge in [0.15, 0.2) is 0 Å². The summed E-state index contributed by atoms with van der Waals surface area (Å²) in [4.78, 5) is 2.56. The molecule has 1 aromatic carbocycles. The average Bonchev–Trinajstić information content (AvgIpc) is 2.52. The minimum atomic E-state index is 0.758. The van der Waals surface area contributed by atoms with E-state index in [2.05, 4.69) is 52.0 Å². The molecule has 1 aliphatic heterocycles. The van der Waals surface area contributed by atoms with Crippen LogP contribution in [0.4, 0.5) is 0 Å². The van der Waals surface area contributed by atoms with Crippen molar-refractivity contribution < 1.29 is 0 Å². The molecule has 0 aromatic heterocycles. The number of nitrogens with zero attached hydrogens (tertiary/aromatic N) is 1. The third kappa shape index (κ3) is 2.37. The summed E-state index contributed by atoms with van der Waals surface area (Å²) in [5.41, 5.74) is 1.41. The van der Waals surface area contributed by atoms with Crippen molar-refractivity contribution in [3.05, 3.63) is 34.3 Å². The molecule has 0 spiro atoms. The lowest BCUT2D eigenvalue weighted by molar-refractivity contribution is 0.260. The van der Waals surface area contributed by atoms with Crippen molar-refractivity contribution in [3.8, 4) is 0 Å². The van der Waals surface area contributed by atoms with Crippen molar-refractivity contribution in [1.82, 2.24) is 4.90 Å². The van der Waals surface area contributed by atoms with Crippen LogP contribution in [0.25, 0.3) is 0 Å². The minimum absolute atomic E-state index is 0.758. The topological polar surface area (TPSA) is 3.24 Å². The first kappa shape index (κ1) is 10.2. The normalized spacial score (nSPS) is 22.9. The predicted octanol–water partition coefficient (Wildman–Crippen LogP) is 3.43. The van der Waals surface area contributed by atoms with E-state index in [1.54, 1.807) is 0 Å². The molecular weight excluding hydrogens is 238 g/mol. The SMILES string of the molecule is CC1CCCN1Cc1cccc(Br)c1. The number of hydrogen-bond donors (Lipinski definition) is 0. The van der Waals surface area contributed by atoms with Gasteiger partial charge in [0.2, 0.25) is 0 Å². The Morgan fingerprint density at radius 3 is 3.00 bits per heavy atom. The molecule has 0 N–H and O–H groups in total. The number of rotatable bonds is 2. The number of hydrogen-bond acceptors (Lipinski definition) is 1. The van der Waals surface area contributed by atoms with E-state index in [9.17, 15) is 0 Å². The minimum Gasteiger partial charge on any atom is -0.296 e. The van der Waals surface area contributed by atoms with Crippen LogP contribution in [0.5, 0.6) is 0 Å². The largest absolute Gasteiger partial charge is 0.296 e.